The van der Waals surface area contributed by atoms with E-state index in [2.05, 4.69) is 0 Å². The van der Waals surface area contributed by atoms with E-state index in [0.29, 0.717) is 23.6 Å². The molecule has 0 spiro atoms. The quantitative estimate of drug-likeness (QED) is 0.716. The zero-order valence-electron chi connectivity index (χ0n) is 10.6. The molecule has 1 aromatic rings. The van der Waals surface area contributed by atoms with Crippen molar-refractivity contribution in [3.63, 3.8) is 0 Å². The summed E-state index contributed by atoms with van der Waals surface area (Å²) in [5.41, 5.74) is 12.3. The van der Waals surface area contributed by atoms with Crippen molar-refractivity contribution >= 4 is 23.3 Å². The summed E-state index contributed by atoms with van der Waals surface area (Å²) in [6.07, 6.45) is 0.987. The largest absolute Gasteiger partial charge is 0.481 e. The van der Waals surface area contributed by atoms with Gasteiger partial charge in [-0.25, -0.2) is 0 Å². The van der Waals surface area contributed by atoms with Crippen molar-refractivity contribution in [1.29, 1.82) is 0 Å². The van der Waals surface area contributed by atoms with E-state index in [1.165, 1.54) is 0 Å². The normalized spacial score (nSPS) is 13.3. The molecule has 0 aliphatic carbocycles. The van der Waals surface area contributed by atoms with Gasteiger partial charge in [-0.3, -0.25) is 4.79 Å². The topological polar surface area (TPSA) is 89.3 Å². The van der Waals surface area contributed by atoms with Crippen LogP contribution in [0, 0.1) is 5.41 Å². The number of anilines is 1. The molecule has 100 valence electrons. The van der Waals surface area contributed by atoms with Crippen LogP contribution in [0.4, 0.5) is 5.69 Å². The van der Waals surface area contributed by atoms with Crippen molar-refractivity contribution in [3.05, 3.63) is 28.8 Å². The standard InChI is InChI=1S/C13H19ClN2O2/c1-13(2,12(17)18)7-9(15)5-8-3-4-11(16)10(14)6-8/h3-4,6,9H,5,7,15-16H2,1-2H3,(H,17,18)/t9-/m0/s1. The maximum Gasteiger partial charge on any atom is 0.309 e. The predicted molar refractivity (Wildman–Crippen MR) is 73.6 cm³/mol. The second-order valence-electron chi connectivity index (χ2n) is 5.21. The summed E-state index contributed by atoms with van der Waals surface area (Å²) < 4.78 is 0. The van der Waals surface area contributed by atoms with Gasteiger partial charge in [-0.1, -0.05) is 17.7 Å². The van der Waals surface area contributed by atoms with E-state index < -0.39 is 11.4 Å². The number of nitrogen functional groups attached to an aromatic ring is 1. The molecule has 5 N–H and O–H groups in total. The number of carboxylic acids is 1. The monoisotopic (exact) mass is 270 g/mol. The lowest BCUT2D eigenvalue weighted by Crippen LogP contribution is -2.34. The number of hydrogen-bond acceptors (Lipinski definition) is 3. The van der Waals surface area contributed by atoms with Gasteiger partial charge in [0.05, 0.1) is 16.1 Å². The van der Waals surface area contributed by atoms with Gasteiger partial charge in [0.25, 0.3) is 0 Å². The number of carboxylic acid groups (broad SMARTS) is 1. The predicted octanol–water partition coefficient (Wildman–Crippen LogP) is 2.29. The first kappa shape index (κ1) is 14.8. The van der Waals surface area contributed by atoms with Gasteiger partial charge in [0.15, 0.2) is 0 Å². The molecule has 0 amide bonds. The Morgan fingerprint density at radius 1 is 1.50 bits per heavy atom. The van der Waals surface area contributed by atoms with Crippen LogP contribution in [0.3, 0.4) is 0 Å². The van der Waals surface area contributed by atoms with E-state index in [-0.39, 0.29) is 6.04 Å². The number of carbonyl (C=O) groups is 1. The number of nitrogens with two attached hydrogens (primary N) is 2. The average Bonchev–Trinajstić information content (AvgIpc) is 2.22. The Morgan fingerprint density at radius 2 is 2.11 bits per heavy atom. The Kier molecular flexibility index (Phi) is 4.59. The van der Waals surface area contributed by atoms with Crippen molar-refractivity contribution in [2.24, 2.45) is 11.1 Å². The van der Waals surface area contributed by atoms with Crippen LogP contribution in [0.2, 0.25) is 5.02 Å². The number of benzene rings is 1. The fourth-order valence-corrected chi connectivity index (χ4v) is 2.02. The first-order chi connectivity index (χ1) is 8.22. The second kappa shape index (κ2) is 5.59. The molecule has 0 heterocycles. The lowest BCUT2D eigenvalue weighted by Gasteiger charge is -2.23. The average molecular weight is 271 g/mol. The molecule has 0 unspecified atom stereocenters. The van der Waals surface area contributed by atoms with Crippen LogP contribution in [0.25, 0.3) is 0 Å². The molecule has 0 saturated heterocycles. The van der Waals surface area contributed by atoms with Crippen LogP contribution in [0.1, 0.15) is 25.8 Å². The third-order valence-corrected chi connectivity index (χ3v) is 3.24. The first-order valence-electron chi connectivity index (χ1n) is 5.75. The van der Waals surface area contributed by atoms with Crippen molar-refractivity contribution in [2.75, 3.05) is 5.73 Å². The van der Waals surface area contributed by atoms with Crippen LogP contribution < -0.4 is 11.5 Å². The Balaban J connectivity index is 2.67. The zero-order chi connectivity index (χ0) is 13.9. The Labute approximate surface area is 112 Å². The minimum absolute atomic E-state index is 0.226. The van der Waals surface area contributed by atoms with Gasteiger partial charge in [0, 0.05) is 6.04 Å². The summed E-state index contributed by atoms with van der Waals surface area (Å²) in [5.74, 6) is -0.840. The van der Waals surface area contributed by atoms with E-state index in [9.17, 15) is 4.79 Å². The van der Waals surface area contributed by atoms with E-state index in [0.717, 1.165) is 5.56 Å². The van der Waals surface area contributed by atoms with Crippen LogP contribution in [-0.2, 0) is 11.2 Å². The van der Waals surface area contributed by atoms with Gasteiger partial charge in [0.1, 0.15) is 0 Å². The number of rotatable bonds is 5. The summed E-state index contributed by atoms with van der Waals surface area (Å²) in [6.45, 7) is 3.34. The van der Waals surface area contributed by atoms with Crippen molar-refractivity contribution in [1.82, 2.24) is 0 Å². The van der Waals surface area contributed by atoms with Gasteiger partial charge >= 0.3 is 5.97 Å². The highest BCUT2D eigenvalue weighted by Gasteiger charge is 2.29. The smallest absolute Gasteiger partial charge is 0.309 e. The van der Waals surface area contributed by atoms with Gasteiger partial charge < -0.3 is 16.6 Å². The minimum atomic E-state index is -0.840. The van der Waals surface area contributed by atoms with Crippen molar-refractivity contribution in [3.8, 4) is 0 Å². The fraction of sp³-hybridized carbons (Fsp3) is 0.462. The van der Waals surface area contributed by atoms with Crippen LogP contribution in [0.15, 0.2) is 18.2 Å². The first-order valence-corrected chi connectivity index (χ1v) is 6.13. The molecule has 0 radical (unpaired) electrons. The SMILES string of the molecule is CC(C)(C[C@@H](N)Cc1ccc(N)c(Cl)c1)C(=O)O. The number of aliphatic carboxylic acids is 1. The molecule has 5 heteroatoms. The summed E-state index contributed by atoms with van der Waals surface area (Å²) in [6, 6.07) is 5.13. The van der Waals surface area contributed by atoms with Crippen LogP contribution in [0.5, 0.6) is 0 Å². The van der Waals surface area contributed by atoms with Crippen molar-refractivity contribution < 1.29 is 9.90 Å². The lowest BCUT2D eigenvalue weighted by atomic mass is 9.84. The summed E-state index contributed by atoms with van der Waals surface area (Å²) in [5, 5.41) is 9.54. The minimum Gasteiger partial charge on any atom is -0.481 e. The lowest BCUT2D eigenvalue weighted by molar-refractivity contribution is -0.147. The van der Waals surface area contributed by atoms with Gasteiger partial charge in [-0.05, 0) is 44.4 Å². The van der Waals surface area contributed by atoms with Crippen LogP contribution >= 0.6 is 11.6 Å². The van der Waals surface area contributed by atoms with E-state index in [1.807, 2.05) is 6.07 Å². The third-order valence-electron chi connectivity index (χ3n) is 2.91. The second-order valence-corrected chi connectivity index (χ2v) is 5.62. The zero-order valence-corrected chi connectivity index (χ0v) is 11.4. The molecular weight excluding hydrogens is 252 g/mol. The fourth-order valence-electron chi connectivity index (χ4n) is 1.82. The molecule has 18 heavy (non-hydrogen) atoms. The van der Waals surface area contributed by atoms with E-state index in [4.69, 9.17) is 28.2 Å². The Hall–Kier alpha value is -1.26. The Morgan fingerprint density at radius 3 is 2.61 bits per heavy atom. The molecule has 0 aliphatic heterocycles. The van der Waals surface area contributed by atoms with Gasteiger partial charge in [0.2, 0.25) is 0 Å². The van der Waals surface area contributed by atoms with Crippen molar-refractivity contribution in [2.45, 2.75) is 32.7 Å². The molecule has 0 aromatic heterocycles. The molecule has 0 aliphatic rings. The van der Waals surface area contributed by atoms with Crippen LogP contribution in [-0.4, -0.2) is 17.1 Å². The number of halogens is 1. The molecule has 1 aromatic carbocycles. The maximum atomic E-state index is 11.0. The van der Waals surface area contributed by atoms with Gasteiger partial charge in [-0.2, -0.15) is 0 Å². The molecule has 1 atom stereocenters. The molecule has 0 bridgehead atoms. The van der Waals surface area contributed by atoms with E-state index >= 15 is 0 Å². The Bertz CT molecular complexity index is 447. The number of hydrogen-bond donors (Lipinski definition) is 3. The summed E-state index contributed by atoms with van der Waals surface area (Å²) in [4.78, 5) is 11.0. The molecule has 0 saturated carbocycles. The molecular formula is C13H19ClN2O2. The maximum absolute atomic E-state index is 11.0. The molecule has 1 rings (SSSR count). The summed E-state index contributed by atoms with van der Waals surface area (Å²) in [7, 11) is 0. The highest BCUT2D eigenvalue weighted by Crippen LogP contribution is 2.25. The molecule has 0 fully saturated rings. The molecule has 4 nitrogen and oxygen atoms in total. The van der Waals surface area contributed by atoms with E-state index in [1.54, 1.807) is 26.0 Å². The van der Waals surface area contributed by atoms with Gasteiger partial charge in [-0.15, -0.1) is 0 Å². The highest BCUT2D eigenvalue weighted by molar-refractivity contribution is 6.33. The highest BCUT2D eigenvalue weighted by atomic mass is 35.5. The summed E-state index contributed by atoms with van der Waals surface area (Å²) >= 11 is 5.92. The third kappa shape index (κ3) is 3.89.